The highest BCUT2D eigenvalue weighted by atomic mass is 16.5. The van der Waals surface area contributed by atoms with Crippen LogP contribution in [-0.4, -0.2) is 40.1 Å². The molecule has 7 heteroatoms. The molecule has 0 bridgehead atoms. The van der Waals surface area contributed by atoms with E-state index in [9.17, 15) is 9.59 Å². The predicted molar refractivity (Wildman–Crippen MR) is 178 cm³/mol. The Hall–Kier alpha value is -4.26. The molecule has 4 rings (SSSR count). The lowest BCUT2D eigenvalue weighted by Gasteiger charge is -2.22. The summed E-state index contributed by atoms with van der Waals surface area (Å²) in [6.45, 7) is 4.72. The number of rotatable bonds is 18. The van der Waals surface area contributed by atoms with Gasteiger partial charge in [0, 0.05) is 25.1 Å². The summed E-state index contributed by atoms with van der Waals surface area (Å²) < 4.78 is 10.6. The van der Waals surface area contributed by atoms with Gasteiger partial charge in [-0.3, -0.25) is 4.79 Å². The first kappa shape index (κ1) is 33.6. The van der Waals surface area contributed by atoms with Crippen LogP contribution in [-0.2, 0) is 33.7 Å². The van der Waals surface area contributed by atoms with E-state index in [1.165, 1.54) is 51.4 Å². The van der Waals surface area contributed by atoms with Crippen molar-refractivity contribution in [2.75, 3.05) is 13.2 Å². The van der Waals surface area contributed by atoms with Gasteiger partial charge < -0.3 is 14.2 Å². The molecule has 0 aliphatic rings. The van der Waals surface area contributed by atoms with Gasteiger partial charge in [0.1, 0.15) is 0 Å². The predicted octanol–water partition coefficient (Wildman–Crippen LogP) is 8.61. The van der Waals surface area contributed by atoms with Crippen molar-refractivity contribution in [3.05, 3.63) is 95.8 Å². The van der Waals surface area contributed by atoms with Gasteiger partial charge in [-0.15, -0.1) is 0 Å². The summed E-state index contributed by atoms with van der Waals surface area (Å²) in [5.41, 5.74) is 5.02. The average molecular weight is 610 g/mol. The maximum absolute atomic E-state index is 13.1. The molecule has 4 aromatic rings. The Morgan fingerprint density at radius 3 is 2.09 bits per heavy atom. The zero-order chi connectivity index (χ0) is 31.7. The first-order valence-corrected chi connectivity index (χ1v) is 16.6. The molecule has 0 radical (unpaired) electrons. The number of benzene rings is 3. The number of aryl methyl sites for hydroxylation is 1. The highest BCUT2D eigenvalue weighted by Gasteiger charge is 2.23. The van der Waals surface area contributed by atoms with E-state index >= 15 is 0 Å². The number of unbranched alkanes of at least 4 members (excludes halogenated alkanes) is 8. The molecular formula is C38H47N3O4. The van der Waals surface area contributed by atoms with Crippen molar-refractivity contribution in [1.82, 2.24) is 15.0 Å². The summed E-state index contributed by atoms with van der Waals surface area (Å²) in [6, 6.07) is 26.2. The van der Waals surface area contributed by atoms with E-state index in [0.717, 1.165) is 46.5 Å². The zero-order valence-electron chi connectivity index (χ0n) is 26.9. The molecule has 0 spiro atoms. The van der Waals surface area contributed by atoms with Crippen LogP contribution in [0.15, 0.2) is 83.4 Å². The fourth-order valence-electron chi connectivity index (χ4n) is 5.42. The second-order valence-corrected chi connectivity index (χ2v) is 11.6. The molecule has 0 aliphatic heterocycles. The van der Waals surface area contributed by atoms with Crippen LogP contribution < -0.4 is 0 Å². The molecule has 1 heterocycles. The number of hydrogen-bond donors (Lipinski definition) is 0. The van der Waals surface area contributed by atoms with Crippen LogP contribution in [0.1, 0.15) is 88.6 Å². The van der Waals surface area contributed by atoms with Crippen molar-refractivity contribution in [3.8, 4) is 22.6 Å². The highest BCUT2D eigenvalue weighted by Crippen LogP contribution is 2.22. The van der Waals surface area contributed by atoms with E-state index in [0.29, 0.717) is 18.9 Å². The largest absolute Gasteiger partial charge is 0.459 e. The van der Waals surface area contributed by atoms with E-state index in [4.69, 9.17) is 9.26 Å². The number of amides is 1. The number of hydrogen-bond acceptors (Lipinski definition) is 6. The molecule has 0 fully saturated rings. The van der Waals surface area contributed by atoms with Crippen LogP contribution in [0.5, 0.6) is 0 Å². The summed E-state index contributed by atoms with van der Waals surface area (Å²) in [6.07, 6.45) is 12.8. The minimum atomic E-state index is -0.842. The molecular weight excluding hydrogens is 562 g/mol. The number of carbonyl (C=O) groups is 2. The lowest BCUT2D eigenvalue weighted by molar-refractivity contribution is -0.160. The SMILES string of the molecule is CCCCCCCCCCCc1noc(-c2cccc(CN(CCc3ccc(-c4ccccc4)cc3)C(=O)C(=O)OCC)c2)n1. The van der Waals surface area contributed by atoms with Crippen molar-refractivity contribution in [3.63, 3.8) is 0 Å². The molecule has 0 saturated carbocycles. The van der Waals surface area contributed by atoms with Gasteiger partial charge in [-0.2, -0.15) is 4.98 Å². The molecule has 0 N–H and O–H groups in total. The van der Waals surface area contributed by atoms with E-state index in [2.05, 4.69) is 53.5 Å². The minimum absolute atomic E-state index is 0.146. The van der Waals surface area contributed by atoms with Gasteiger partial charge >= 0.3 is 11.9 Å². The molecule has 0 saturated heterocycles. The summed E-state index contributed by atoms with van der Waals surface area (Å²) in [5, 5.41) is 4.20. The van der Waals surface area contributed by atoms with E-state index in [-0.39, 0.29) is 13.2 Å². The molecule has 0 aliphatic carbocycles. The van der Waals surface area contributed by atoms with Gasteiger partial charge in [0.25, 0.3) is 5.89 Å². The highest BCUT2D eigenvalue weighted by molar-refractivity contribution is 6.32. The normalized spacial score (nSPS) is 11.0. The summed E-state index contributed by atoms with van der Waals surface area (Å²) >= 11 is 0. The van der Waals surface area contributed by atoms with Crippen molar-refractivity contribution in [2.24, 2.45) is 0 Å². The second kappa shape index (κ2) is 18.5. The van der Waals surface area contributed by atoms with Crippen LogP contribution in [0.4, 0.5) is 0 Å². The topological polar surface area (TPSA) is 85.5 Å². The molecule has 0 unspecified atom stereocenters. The van der Waals surface area contributed by atoms with Gasteiger partial charge in [0.05, 0.1) is 6.61 Å². The van der Waals surface area contributed by atoms with Gasteiger partial charge in [0.15, 0.2) is 5.82 Å². The Balaban J connectivity index is 1.34. The first-order valence-electron chi connectivity index (χ1n) is 16.6. The Bertz CT molecular complexity index is 1450. The molecule has 238 valence electrons. The fourth-order valence-corrected chi connectivity index (χ4v) is 5.42. The molecule has 7 nitrogen and oxygen atoms in total. The van der Waals surface area contributed by atoms with E-state index in [1.807, 2.05) is 42.5 Å². The summed E-state index contributed by atoms with van der Waals surface area (Å²) in [5.74, 6) is -0.310. The zero-order valence-corrected chi connectivity index (χ0v) is 26.9. The second-order valence-electron chi connectivity index (χ2n) is 11.6. The molecule has 1 aromatic heterocycles. The van der Waals surface area contributed by atoms with Crippen molar-refractivity contribution in [2.45, 2.75) is 91.0 Å². The maximum Gasteiger partial charge on any atom is 0.397 e. The molecule has 45 heavy (non-hydrogen) atoms. The third-order valence-electron chi connectivity index (χ3n) is 7.99. The van der Waals surface area contributed by atoms with Crippen molar-refractivity contribution in [1.29, 1.82) is 0 Å². The summed E-state index contributed by atoms with van der Waals surface area (Å²) in [4.78, 5) is 31.7. The lowest BCUT2D eigenvalue weighted by atomic mass is 10.0. The van der Waals surface area contributed by atoms with E-state index in [1.54, 1.807) is 11.8 Å². The van der Waals surface area contributed by atoms with Gasteiger partial charge in [0.2, 0.25) is 0 Å². The Morgan fingerprint density at radius 1 is 0.711 bits per heavy atom. The van der Waals surface area contributed by atoms with Crippen LogP contribution in [0.3, 0.4) is 0 Å². The quantitative estimate of drug-likeness (QED) is 0.0638. The lowest BCUT2D eigenvalue weighted by Crippen LogP contribution is -2.38. The van der Waals surface area contributed by atoms with E-state index < -0.39 is 11.9 Å². The molecule has 0 atom stereocenters. The fraction of sp³-hybridized carbons (Fsp3) is 0.421. The third-order valence-corrected chi connectivity index (χ3v) is 7.99. The van der Waals surface area contributed by atoms with Crippen molar-refractivity contribution < 1.29 is 18.8 Å². The Morgan fingerprint density at radius 2 is 1.38 bits per heavy atom. The van der Waals surface area contributed by atoms with Gasteiger partial charge in [-0.05, 0) is 54.2 Å². The monoisotopic (exact) mass is 609 g/mol. The maximum atomic E-state index is 13.1. The van der Waals surface area contributed by atoms with Gasteiger partial charge in [-0.25, -0.2) is 4.79 Å². The van der Waals surface area contributed by atoms with Crippen molar-refractivity contribution >= 4 is 11.9 Å². The smallest absolute Gasteiger partial charge is 0.397 e. The third kappa shape index (κ3) is 11.0. The number of ether oxygens (including phenoxy) is 1. The van der Waals surface area contributed by atoms with Crippen LogP contribution >= 0.6 is 0 Å². The van der Waals surface area contributed by atoms with Gasteiger partial charge in [-0.1, -0.05) is 130 Å². The Labute approximate surface area is 268 Å². The standard InChI is InChI=1S/C38H47N3O4/c1-3-5-6-7-8-9-10-11-15-21-35-39-36(45-40-35)34-20-16-17-31(28-34)29-41(37(42)38(43)44-4-2)27-26-30-22-24-33(25-23-30)32-18-13-12-14-19-32/h12-14,16-20,22-25,28H,3-11,15,21,26-27,29H2,1-2H3. The number of esters is 1. The number of nitrogens with zero attached hydrogens (tertiary/aromatic N) is 3. The van der Waals surface area contributed by atoms with Crippen LogP contribution in [0.25, 0.3) is 22.6 Å². The summed E-state index contributed by atoms with van der Waals surface area (Å²) in [7, 11) is 0. The Kier molecular flexibility index (Phi) is 13.8. The average Bonchev–Trinajstić information content (AvgIpc) is 3.55. The number of carbonyl (C=O) groups excluding carboxylic acids is 2. The van der Waals surface area contributed by atoms with Crippen LogP contribution in [0, 0.1) is 0 Å². The molecule has 1 amide bonds. The first-order chi connectivity index (χ1) is 22.1. The minimum Gasteiger partial charge on any atom is -0.459 e. The molecule has 3 aromatic carbocycles. The number of aromatic nitrogens is 2. The van der Waals surface area contributed by atoms with Crippen LogP contribution in [0.2, 0.25) is 0 Å².